The molecule has 0 unspecified atom stereocenters. The van der Waals surface area contributed by atoms with Gasteiger partial charge in [0, 0.05) is 5.56 Å². The first kappa shape index (κ1) is 15.9. The van der Waals surface area contributed by atoms with E-state index >= 15 is 0 Å². The van der Waals surface area contributed by atoms with Crippen LogP contribution in [0.25, 0.3) is 0 Å². The standard InChI is InChI=1S/C18H16ClNO2/c1-14-8-2-3-9-15(14)18(21)20-12-6-7-13-22-17-11-5-4-10-16(17)19/h2-5,8-11H,12-13H2,1H3,(H,20,21). The monoisotopic (exact) mass is 313 g/mol. The third kappa shape index (κ3) is 4.54. The number of para-hydroxylation sites is 1. The first-order chi connectivity index (χ1) is 10.7. The first-order valence-electron chi connectivity index (χ1n) is 6.85. The summed E-state index contributed by atoms with van der Waals surface area (Å²) in [7, 11) is 0. The largest absolute Gasteiger partial charge is 0.479 e. The first-order valence-corrected chi connectivity index (χ1v) is 7.23. The van der Waals surface area contributed by atoms with Gasteiger partial charge in [-0.25, -0.2) is 0 Å². The molecule has 1 amide bonds. The molecule has 0 bridgehead atoms. The smallest absolute Gasteiger partial charge is 0.252 e. The summed E-state index contributed by atoms with van der Waals surface area (Å²) in [5, 5.41) is 3.31. The van der Waals surface area contributed by atoms with Crippen molar-refractivity contribution in [2.24, 2.45) is 0 Å². The Balaban J connectivity index is 1.77. The minimum atomic E-state index is -0.126. The van der Waals surface area contributed by atoms with E-state index in [-0.39, 0.29) is 19.1 Å². The Morgan fingerprint density at radius 1 is 1.14 bits per heavy atom. The van der Waals surface area contributed by atoms with Gasteiger partial charge >= 0.3 is 0 Å². The number of carbonyl (C=O) groups excluding carboxylic acids is 1. The molecule has 0 heterocycles. The van der Waals surface area contributed by atoms with Gasteiger partial charge in [-0.05, 0) is 30.7 Å². The lowest BCUT2D eigenvalue weighted by atomic mass is 10.1. The molecule has 0 saturated heterocycles. The van der Waals surface area contributed by atoms with Crippen LogP contribution in [0.1, 0.15) is 15.9 Å². The SMILES string of the molecule is Cc1ccccc1C(=O)NCC#CCOc1ccccc1Cl. The highest BCUT2D eigenvalue weighted by Gasteiger charge is 2.05. The fourth-order valence-electron chi connectivity index (χ4n) is 1.84. The molecule has 112 valence electrons. The second-order valence-electron chi connectivity index (χ2n) is 4.57. The van der Waals surface area contributed by atoms with Gasteiger partial charge in [-0.15, -0.1) is 0 Å². The highest BCUT2D eigenvalue weighted by Crippen LogP contribution is 2.22. The number of hydrogen-bond acceptors (Lipinski definition) is 2. The second kappa shape index (κ2) is 8.11. The van der Waals surface area contributed by atoms with Crippen molar-refractivity contribution < 1.29 is 9.53 Å². The molecule has 0 atom stereocenters. The second-order valence-corrected chi connectivity index (χ2v) is 4.98. The van der Waals surface area contributed by atoms with Crippen LogP contribution in [0.3, 0.4) is 0 Å². The van der Waals surface area contributed by atoms with Gasteiger partial charge in [0.05, 0.1) is 11.6 Å². The topological polar surface area (TPSA) is 38.3 Å². The van der Waals surface area contributed by atoms with Gasteiger partial charge in [-0.1, -0.05) is 53.8 Å². The molecule has 0 aliphatic heterocycles. The van der Waals surface area contributed by atoms with Crippen LogP contribution >= 0.6 is 11.6 Å². The van der Waals surface area contributed by atoms with Crippen molar-refractivity contribution in [2.45, 2.75) is 6.92 Å². The van der Waals surface area contributed by atoms with E-state index in [1.165, 1.54) is 0 Å². The summed E-state index contributed by atoms with van der Waals surface area (Å²) in [6.45, 7) is 2.40. The van der Waals surface area contributed by atoms with E-state index < -0.39 is 0 Å². The Hall–Kier alpha value is -2.44. The number of benzene rings is 2. The molecular formula is C18H16ClNO2. The molecular weight excluding hydrogens is 298 g/mol. The number of hydrogen-bond donors (Lipinski definition) is 1. The van der Waals surface area contributed by atoms with Crippen molar-refractivity contribution in [3.8, 4) is 17.6 Å². The zero-order valence-corrected chi connectivity index (χ0v) is 13.0. The molecule has 22 heavy (non-hydrogen) atoms. The average Bonchev–Trinajstić information content (AvgIpc) is 2.52. The van der Waals surface area contributed by atoms with Crippen LogP contribution < -0.4 is 10.1 Å². The van der Waals surface area contributed by atoms with Crippen LogP contribution in [0.5, 0.6) is 5.75 Å². The molecule has 0 spiro atoms. The summed E-state index contributed by atoms with van der Waals surface area (Å²) in [6, 6.07) is 14.6. The Labute approximate surface area is 135 Å². The molecule has 1 N–H and O–H groups in total. The normalized spacial score (nSPS) is 9.55. The van der Waals surface area contributed by atoms with Crippen molar-refractivity contribution in [1.29, 1.82) is 0 Å². The van der Waals surface area contributed by atoms with Gasteiger partial charge in [0.15, 0.2) is 0 Å². The molecule has 0 saturated carbocycles. The van der Waals surface area contributed by atoms with Gasteiger partial charge in [-0.3, -0.25) is 4.79 Å². The summed E-state index contributed by atoms with van der Waals surface area (Å²) in [5.74, 6) is 6.16. The lowest BCUT2D eigenvalue weighted by molar-refractivity contribution is 0.0958. The quantitative estimate of drug-likeness (QED) is 0.878. The van der Waals surface area contributed by atoms with E-state index in [4.69, 9.17) is 16.3 Å². The van der Waals surface area contributed by atoms with Crippen LogP contribution in [0, 0.1) is 18.8 Å². The number of halogens is 1. The predicted molar refractivity (Wildman–Crippen MR) is 88.2 cm³/mol. The molecule has 0 radical (unpaired) electrons. The fraction of sp³-hybridized carbons (Fsp3) is 0.167. The minimum Gasteiger partial charge on any atom is -0.479 e. The minimum absolute atomic E-state index is 0.126. The van der Waals surface area contributed by atoms with E-state index in [2.05, 4.69) is 17.2 Å². The third-order valence-electron chi connectivity index (χ3n) is 2.99. The van der Waals surface area contributed by atoms with Crippen molar-refractivity contribution in [2.75, 3.05) is 13.2 Å². The summed E-state index contributed by atoms with van der Waals surface area (Å²) in [4.78, 5) is 11.9. The van der Waals surface area contributed by atoms with Crippen LogP contribution in [-0.4, -0.2) is 19.1 Å². The molecule has 0 aliphatic rings. The summed E-state index contributed by atoms with van der Waals surface area (Å²) in [5.41, 5.74) is 1.60. The maximum Gasteiger partial charge on any atom is 0.252 e. The van der Waals surface area contributed by atoms with Gasteiger partial charge in [0.25, 0.3) is 5.91 Å². The number of ether oxygens (including phenoxy) is 1. The molecule has 0 aromatic heterocycles. The summed E-state index contributed by atoms with van der Waals surface area (Å²) in [6.07, 6.45) is 0. The molecule has 2 rings (SSSR count). The summed E-state index contributed by atoms with van der Waals surface area (Å²) < 4.78 is 5.43. The zero-order chi connectivity index (χ0) is 15.8. The molecule has 0 aliphatic carbocycles. The lowest BCUT2D eigenvalue weighted by Gasteiger charge is -2.04. The van der Waals surface area contributed by atoms with Crippen LogP contribution in [0.4, 0.5) is 0 Å². The lowest BCUT2D eigenvalue weighted by Crippen LogP contribution is -2.24. The van der Waals surface area contributed by atoms with Crippen molar-refractivity contribution in [1.82, 2.24) is 5.32 Å². The van der Waals surface area contributed by atoms with Gasteiger partial charge in [0.2, 0.25) is 0 Å². The Morgan fingerprint density at radius 3 is 2.64 bits per heavy atom. The maximum absolute atomic E-state index is 11.9. The van der Waals surface area contributed by atoms with E-state index in [1.807, 2.05) is 37.3 Å². The zero-order valence-electron chi connectivity index (χ0n) is 12.2. The average molecular weight is 314 g/mol. The number of aryl methyl sites for hydroxylation is 1. The van der Waals surface area contributed by atoms with Crippen molar-refractivity contribution >= 4 is 17.5 Å². The van der Waals surface area contributed by atoms with Crippen LogP contribution in [-0.2, 0) is 0 Å². The summed E-state index contributed by atoms with van der Waals surface area (Å²) >= 11 is 5.96. The molecule has 2 aromatic rings. The fourth-order valence-corrected chi connectivity index (χ4v) is 2.03. The van der Waals surface area contributed by atoms with Gasteiger partial charge in [-0.2, -0.15) is 0 Å². The predicted octanol–water partition coefficient (Wildman–Crippen LogP) is 3.46. The maximum atomic E-state index is 11.9. The van der Waals surface area contributed by atoms with Crippen molar-refractivity contribution in [3.05, 3.63) is 64.7 Å². The molecule has 4 heteroatoms. The van der Waals surface area contributed by atoms with E-state index in [9.17, 15) is 4.79 Å². The number of amides is 1. The van der Waals surface area contributed by atoms with Crippen molar-refractivity contribution in [3.63, 3.8) is 0 Å². The number of rotatable bonds is 4. The molecule has 2 aromatic carbocycles. The van der Waals surface area contributed by atoms with E-state index in [0.29, 0.717) is 16.3 Å². The Bertz CT molecular complexity index is 716. The van der Waals surface area contributed by atoms with Crippen LogP contribution in [0.15, 0.2) is 48.5 Å². The highest BCUT2D eigenvalue weighted by molar-refractivity contribution is 6.32. The number of nitrogens with one attached hydrogen (secondary N) is 1. The van der Waals surface area contributed by atoms with Gasteiger partial charge in [0.1, 0.15) is 12.4 Å². The van der Waals surface area contributed by atoms with Gasteiger partial charge < -0.3 is 10.1 Å². The third-order valence-corrected chi connectivity index (χ3v) is 3.30. The Morgan fingerprint density at radius 2 is 1.86 bits per heavy atom. The Kier molecular flexibility index (Phi) is 5.88. The highest BCUT2D eigenvalue weighted by atomic mass is 35.5. The van der Waals surface area contributed by atoms with E-state index in [0.717, 1.165) is 5.56 Å². The molecule has 3 nitrogen and oxygen atoms in total. The molecule has 0 fully saturated rings. The number of carbonyl (C=O) groups is 1. The van der Waals surface area contributed by atoms with E-state index in [1.54, 1.807) is 18.2 Å². The van der Waals surface area contributed by atoms with Crippen LogP contribution in [0.2, 0.25) is 5.02 Å².